The van der Waals surface area contributed by atoms with Gasteiger partial charge in [-0.05, 0) is 27.9 Å². The molecule has 0 aliphatic heterocycles. The molecule has 16 heavy (non-hydrogen) atoms. The van der Waals surface area contributed by atoms with Crippen LogP contribution >= 0.6 is 15.9 Å². The fourth-order valence-electron chi connectivity index (χ4n) is 1.95. The third-order valence-corrected chi connectivity index (χ3v) is 3.22. The van der Waals surface area contributed by atoms with E-state index < -0.39 is 0 Å². The lowest BCUT2D eigenvalue weighted by atomic mass is 9.99. The Kier molecular flexibility index (Phi) is 3.04. The predicted molar refractivity (Wildman–Crippen MR) is 65.9 cm³/mol. The monoisotopic (exact) mass is 285 g/mol. The summed E-state index contributed by atoms with van der Waals surface area (Å²) in [4.78, 5) is 0. The Morgan fingerprint density at radius 3 is 2.69 bits per heavy atom. The van der Waals surface area contributed by atoms with Gasteiger partial charge in [0, 0.05) is 17.0 Å². The van der Waals surface area contributed by atoms with Gasteiger partial charge in [0.05, 0.1) is 11.0 Å². The summed E-state index contributed by atoms with van der Waals surface area (Å²) in [6, 6.07) is 3.15. The number of hydrogen-bond donors (Lipinski definition) is 1. The van der Waals surface area contributed by atoms with Crippen LogP contribution in [-0.4, -0.2) is 0 Å². The minimum Gasteiger partial charge on any atom is -0.459 e. The van der Waals surface area contributed by atoms with Crippen LogP contribution in [0.3, 0.4) is 0 Å². The molecular formula is C12H13BrFNO. The molecule has 1 aromatic carbocycles. The molecule has 0 aliphatic rings. The van der Waals surface area contributed by atoms with Crippen LogP contribution in [0.15, 0.2) is 21.0 Å². The summed E-state index contributed by atoms with van der Waals surface area (Å²) in [7, 11) is 0. The van der Waals surface area contributed by atoms with Crippen molar-refractivity contribution in [1.82, 2.24) is 0 Å². The van der Waals surface area contributed by atoms with Crippen molar-refractivity contribution < 1.29 is 8.81 Å². The Hall–Kier alpha value is -0.870. The number of benzene rings is 1. The lowest BCUT2D eigenvalue weighted by molar-refractivity contribution is 0.537. The SMILES string of the molecule is CC(C)c1c(CN)oc2cc(F)c(Br)cc12. The fraction of sp³-hybridized carbons (Fsp3) is 0.333. The van der Waals surface area contributed by atoms with Crippen molar-refractivity contribution in [3.05, 3.63) is 33.7 Å². The highest BCUT2D eigenvalue weighted by atomic mass is 79.9. The van der Waals surface area contributed by atoms with E-state index in [-0.39, 0.29) is 5.82 Å². The fourth-order valence-corrected chi connectivity index (χ4v) is 2.29. The van der Waals surface area contributed by atoms with Gasteiger partial charge in [0.25, 0.3) is 0 Å². The molecule has 0 radical (unpaired) electrons. The van der Waals surface area contributed by atoms with Gasteiger partial charge < -0.3 is 10.2 Å². The first kappa shape index (κ1) is 11.6. The maximum Gasteiger partial charge on any atom is 0.141 e. The second-order valence-corrected chi connectivity index (χ2v) is 4.91. The van der Waals surface area contributed by atoms with Crippen molar-refractivity contribution in [1.29, 1.82) is 0 Å². The van der Waals surface area contributed by atoms with Crippen LogP contribution in [0.1, 0.15) is 31.1 Å². The second kappa shape index (κ2) is 4.18. The number of fused-ring (bicyclic) bond motifs is 1. The van der Waals surface area contributed by atoms with E-state index in [1.807, 2.05) is 0 Å². The minimum atomic E-state index is -0.319. The number of nitrogens with two attached hydrogens (primary N) is 1. The van der Waals surface area contributed by atoms with Crippen molar-refractivity contribution in [3.8, 4) is 0 Å². The zero-order valence-corrected chi connectivity index (χ0v) is 10.8. The Morgan fingerprint density at radius 1 is 1.44 bits per heavy atom. The average Bonchev–Trinajstić information content (AvgIpc) is 2.56. The third kappa shape index (κ3) is 1.76. The third-order valence-electron chi connectivity index (χ3n) is 2.61. The molecule has 0 amide bonds. The van der Waals surface area contributed by atoms with Crippen LogP contribution in [0.25, 0.3) is 11.0 Å². The van der Waals surface area contributed by atoms with E-state index in [1.165, 1.54) is 6.07 Å². The predicted octanol–water partition coefficient (Wildman–Crippen LogP) is 3.92. The molecule has 0 saturated heterocycles. The van der Waals surface area contributed by atoms with Gasteiger partial charge in [-0.25, -0.2) is 4.39 Å². The van der Waals surface area contributed by atoms with Crippen LogP contribution in [0, 0.1) is 5.82 Å². The summed E-state index contributed by atoms with van der Waals surface area (Å²) >= 11 is 3.18. The molecule has 4 heteroatoms. The molecule has 0 spiro atoms. The van der Waals surface area contributed by atoms with Crippen LogP contribution in [0.2, 0.25) is 0 Å². The Morgan fingerprint density at radius 2 is 2.12 bits per heavy atom. The number of halogens is 2. The van der Waals surface area contributed by atoms with Crippen molar-refractivity contribution >= 4 is 26.9 Å². The molecule has 2 N–H and O–H groups in total. The normalized spacial score (nSPS) is 11.6. The molecule has 0 atom stereocenters. The van der Waals surface area contributed by atoms with E-state index in [0.29, 0.717) is 22.5 Å². The van der Waals surface area contributed by atoms with E-state index in [0.717, 1.165) is 16.7 Å². The second-order valence-electron chi connectivity index (χ2n) is 4.06. The van der Waals surface area contributed by atoms with Crippen LogP contribution in [0.5, 0.6) is 0 Å². The summed E-state index contributed by atoms with van der Waals surface area (Å²) in [5, 5.41) is 0.934. The van der Waals surface area contributed by atoms with Crippen molar-refractivity contribution in [2.75, 3.05) is 0 Å². The summed E-state index contributed by atoms with van der Waals surface area (Å²) < 4.78 is 19.4. The Bertz CT molecular complexity index is 533. The highest BCUT2D eigenvalue weighted by molar-refractivity contribution is 9.10. The lowest BCUT2D eigenvalue weighted by Gasteiger charge is -2.04. The number of furan rings is 1. The molecule has 2 rings (SSSR count). The number of hydrogen-bond acceptors (Lipinski definition) is 2. The van der Waals surface area contributed by atoms with Gasteiger partial charge in [0.1, 0.15) is 17.2 Å². The van der Waals surface area contributed by atoms with Crippen LogP contribution in [0.4, 0.5) is 4.39 Å². The van der Waals surface area contributed by atoms with E-state index in [4.69, 9.17) is 10.2 Å². The molecule has 0 fully saturated rings. The average molecular weight is 286 g/mol. The molecule has 0 saturated carbocycles. The maximum atomic E-state index is 13.4. The Balaban J connectivity index is 2.79. The summed E-state index contributed by atoms with van der Waals surface area (Å²) in [5.41, 5.74) is 7.26. The van der Waals surface area contributed by atoms with E-state index in [2.05, 4.69) is 29.8 Å². The van der Waals surface area contributed by atoms with Gasteiger partial charge in [-0.15, -0.1) is 0 Å². The molecule has 0 aliphatic carbocycles. The van der Waals surface area contributed by atoms with Crippen molar-refractivity contribution in [3.63, 3.8) is 0 Å². The van der Waals surface area contributed by atoms with E-state index in [1.54, 1.807) is 6.07 Å². The maximum absolute atomic E-state index is 13.4. The van der Waals surface area contributed by atoms with Crippen molar-refractivity contribution in [2.45, 2.75) is 26.3 Å². The minimum absolute atomic E-state index is 0.303. The van der Waals surface area contributed by atoms with Gasteiger partial charge in [-0.2, -0.15) is 0 Å². The van der Waals surface area contributed by atoms with E-state index >= 15 is 0 Å². The summed E-state index contributed by atoms with van der Waals surface area (Å²) in [5.74, 6) is 0.722. The van der Waals surface area contributed by atoms with Gasteiger partial charge in [0.15, 0.2) is 0 Å². The molecule has 1 heterocycles. The van der Waals surface area contributed by atoms with Gasteiger partial charge in [-0.3, -0.25) is 0 Å². The Labute approximate surface area is 102 Å². The highest BCUT2D eigenvalue weighted by Gasteiger charge is 2.17. The smallest absolute Gasteiger partial charge is 0.141 e. The molecule has 0 bridgehead atoms. The molecule has 2 nitrogen and oxygen atoms in total. The van der Waals surface area contributed by atoms with E-state index in [9.17, 15) is 4.39 Å². The quantitative estimate of drug-likeness (QED) is 0.908. The highest BCUT2D eigenvalue weighted by Crippen LogP contribution is 2.34. The first-order valence-corrected chi connectivity index (χ1v) is 5.94. The van der Waals surface area contributed by atoms with Crippen LogP contribution < -0.4 is 5.73 Å². The topological polar surface area (TPSA) is 39.2 Å². The largest absolute Gasteiger partial charge is 0.459 e. The zero-order valence-electron chi connectivity index (χ0n) is 9.18. The van der Waals surface area contributed by atoms with Gasteiger partial charge in [-0.1, -0.05) is 13.8 Å². The molecule has 0 unspecified atom stereocenters. The van der Waals surface area contributed by atoms with Gasteiger partial charge >= 0.3 is 0 Å². The van der Waals surface area contributed by atoms with Crippen LogP contribution in [-0.2, 0) is 6.54 Å². The summed E-state index contributed by atoms with van der Waals surface area (Å²) in [6.45, 7) is 4.48. The van der Waals surface area contributed by atoms with Gasteiger partial charge in [0.2, 0.25) is 0 Å². The molecule has 86 valence electrons. The first-order valence-electron chi connectivity index (χ1n) is 5.15. The lowest BCUT2D eigenvalue weighted by Crippen LogP contribution is -1.99. The molecular weight excluding hydrogens is 273 g/mol. The molecule has 1 aromatic heterocycles. The van der Waals surface area contributed by atoms with Crippen molar-refractivity contribution in [2.24, 2.45) is 5.73 Å². The molecule has 2 aromatic rings. The summed E-state index contributed by atoms with van der Waals surface area (Å²) in [6.07, 6.45) is 0. The number of rotatable bonds is 2. The standard InChI is InChI=1S/C12H13BrFNO/c1-6(2)12-7-3-8(13)9(14)4-10(7)16-11(12)5-15/h3-4,6H,5,15H2,1-2H3. The first-order chi connectivity index (χ1) is 7.54. The zero-order chi connectivity index (χ0) is 11.9.